The topological polar surface area (TPSA) is 98.8 Å². The van der Waals surface area contributed by atoms with Crippen molar-refractivity contribution in [2.24, 2.45) is 10.9 Å². The van der Waals surface area contributed by atoms with Crippen molar-refractivity contribution in [3.63, 3.8) is 0 Å². The van der Waals surface area contributed by atoms with Crippen LogP contribution in [-0.4, -0.2) is 20.0 Å². The van der Waals surface area contributed by atoms with Crippen LogP contribution in [0.3, 0.4) is 0 Å². The van der Waals surface area contributed by atoms with Crippen molar-refractivity contribution in [2.75, 3.05) is 0 Å². The minimum Gasteiger partial charge on any atom is -0.364 e. The van der Waals surface area contributed by atoms with Gasteiger partial charge in [0.05, 0.1) is 0 Å². The van der Waals surface area contributed by atoms with E-state index in [1.807, 2.05) is 6.92 Å². The molecule has 0 heterocycles. The molecule has 0 radical (unpaired) electrons. The molecule has 2 rings (SSSR count). The van der Waals surface area contributed by atoms with E-state index in [-0.39, 0.29) is 10.6 Å². The van der Waals surface area contributed by atoms with Gasteiger partial charge in [-0.3, -0.25) is 9.08 Å². The SMILES string of the molecule is Cc1ccc(S(=O)(=O)ON=C(C(N)=O)c2ccccc2)cc1. The maximum absolute atomic E-state index is 12.0. The van der Waals surface area contributed by atoms with E-state index in [0.717, 1.165) is 5.56 Å². The first-order valence-corrected chi connectivity index (χ1v) is 7.74. The minimum atomic E-state index is -4.11. The summed E-state index contributed by atoms with van der Waals surface area (Å²) >= 11 is 0. The first-order chi connectivity index (χ1) is 10.4. The smallest absolute Gasteiger partial charge is 0.358 e. The summed E-state index contributed by atoms with van der Waals surface area (Å²) in [4.78, 5) is 11.4. The lowest BCUT2D eigenvalue weighted by Crippen LogP contribution is -2.25. The number of hydrogen-bond acceptors (Lipinski definition) is 5. The van der Waals surface area contributed by atoms with Crippen molar-refractivity contribution in [1.82, 2.24) is 0 Å². The third-order valence-electron chi connectivity index (χ3n) is 2.82. The molecule has 0 unspecified atom stereocenters. The summed E-state index contributed by atoms with van der Waals surface area (Å²) in [6.07, 6.45) is 0. The molecule has 2 aromatic carbocycles. The van der Waals surface area contributed by atoms with Crippen molar-refractivity contribution < 1.29 is 17.5 Å². The number of carbonyl (C=O) groups is 1. The maximum Gasteiger partial charge on any atom is 0.358 e. The van der Waals surface area contributed by atoms with Gasteiger partial charge >= 0.3 is 10.1 Å². The number of carbonyl (C=O) groups excluding carboxylic acids is 1. The van der Waals surface area contributed by atoms with E-state index in [1.165, 1.54) is 12.1 Å². The standard InChI is InChI=1S/C15H14N2O4S/c1-11-7-9-13(10-8-11)22(19,20)21-17-14(15(16)18)12-5-3-2-4-6-12/h2-10H,1H3,(H2,16,18). The number of benzene rings is 2. The van der Waals surface area contributed by atoms with Gasteiger partial charge in [-0.15, -0.1) is 0 Å². The lowest BCUT2D eigenvalue weighted by molar-refractivity contribution is -0.112. The second-order valence-electron chi connectivity index (χ2n) is 4.51. The second-order valence-corrected chi connectivity index (χ2v) is 6.04. The zero-order chi connectivity index (χ0) is 16.2. The highest BCUT2D eigenvalue weighted by Crippen LogP contribution is 2.14. The van der Waals surface area contributed by atoms with Gasteiger partial charge in [0.25, 0.3) is 5.91 Å². The molecular weight excluding hydrogens is 304 g/mol. The third-order valence-corrected chi connectivity index (χ3v) is 3.94. The molecule has 0 spiro atoms. The van der Waals surface area contributed by atoms with Gasteiger partial charge in [-0.2, -0.15) is 8.42 Å². The number of aryl methyl sites for hydroxylation is 1. The first-order valence-electron chi connectivity index (χ1n) is 6.34. The Morgan fingerprint density at radius 3 is 2.18 bits per heavy atom. The van der Waals surface area contributed by atoms with Crippen LogP contribution in [0.15, 0.2) is 64.6 Å². The van der Waals surface area contributed by atoms with Crippen LogP contribution in [-0.2, 0) is 19.2 Å². The van der Waals surface area contributed by atoms with Crippen molar-refractivity contribution in [3.05, 3.63) is 65.7 Å². The lowest BCUT2D eigenvalue weighted by atomic mass is 10.1. The lowest BCUT2D eigenvalue weighted by Gasteiger charge is -2.04. The number of oxime groups is 1. The zero-order valence-corrected chi connectivity index (χ0v) is 12.6. The number of rotatable bonds is 5. The summed E-state index contributed by atoms with van der Waals surface area (Å²) in [6, 6.07) is 14.3. The average molecular weight is 318 g/mol. The predicted molar refractivity (Wildman–Crippen MR) is 81.6 cm³/mol. The Morgan fingerprint density at radius 2 is 1.64 bits per heavy atom. The minimum absolute atomic E-state index is 0.0567. The molecule has 0 fully saturated rings. The summed E-state index contributed by atoms with van der Waals surface area (Å²) in [5, 5.41) is 3.42. The number of nitrogens with zero attached hydrogens (tertiary/aromatic N) is 1. The molecule has 0 aliphatic rings. The summed E-state index contributed by atoms with van der Waals surface area (Å²) in [5.74, 6) is -0.884. The normalized spacial score (nSPS) is 12.0. The Bertz CT molecular complexity index is 797. The molecular formula is C15H14N2O4S. The number of hydrogen-bond donors (Lipinski definition) is 1. The number of nitrogens with two attached hydrogens (primary N) is 1. The van der Waals surface area contributed by atoms with Crippen LogP contribution in [0, 0.1) is 6.92 Å². The number of amides is 1. The fourth-order valence-electron chi connectivity index (χ4n) is 1.67. The van der Waals surface area contributed by atoms with Gasteiger partial charge in [0.2, 0.25) is 0 Å². The first kappa shape index (κ1) is 15.7. The van der Waals surface area contributed by atoms with E-state index in [2.05, 4.69) is 9.44 Å². The van der Waals surface area contributed by atoms with Gasteiger partial charge in [0.15, 0.2) is 5.71 Å². The largest absolute Gasteiger partial charge is 0.364 e. The maximum atomic E-state index is 12.0. The Hall–Kier alpha value is -2.67. The zero-order valence-electron chi connectivity index (χ0n) is 11.8. The van der Waals surface area contributed by atoms with Crippen LogP contribution in [0.1, 0.15) is 11.1 Å². The molecule has 0 aliphatic heterocycles. The summed E-state index contributed by atoms with van der Waals surface area (Å²) in [7, 11) is -4.11. The van der Waals surface area contributed by atoms with Gasteiger partial charge in [-0.1, -0.05) is 53.2 Å². The highest BCUT2D eigenvalue weighted by molar-refractivity contribution is 7.86. The quantitative estimate of drug-likeness (QED) is 0.668. The molecule has 0 saturated carbocycles. The molecule has 22 heavy (non-hydrogen) atoms. The van der Waals surface area contributed by atoms with Crippen LogP contribution >= 0.6 is 0 Å². The fraction of sp³-hybridized carbons (Fsp3) is 0.0667. The van der Waals surface area contributed by atoms with Crippen LogP contribution in [0.2, 0.25) is 0 Å². The van der Waals surface area contributed by atoms with Crippen LogP contribution < -0.4 is 5.73 Å². The molecule has 114 valence electrons. The predicted octanol–water partition coefficient (Wildman–Crippen LogP) is 1.59. The van der Waals surface area contributed by atoms with Crippen molar-refractivity contribution in [2.45, 2.75) is 11.8 Å². The summed E-state index contributed by atoms with van der Waals surface area (Å²) < 4.78 is 28.6. The summed E-state index contributed by atoms with van der Waals surface area (Å²) in [5.41, 5.74) is 6.22. The van der Waals surface area contributed by atoms with E-state index in [9.17, 15) is 13.2 Å². The highest BCUT2D eigenvalue weighted by Gasteiger charge is 2.18. The van der Waals surface area contributed by atoms with Crippen LogP contribution in [0.5, 0.6) is 0 Å². The highest BCUT2D eigenvalue weighted by atomic mass is 32.2. The Kier molecular flexibility index (Phi) is 4.57. The van der Waals surface area contributed by atoms with Gasteiger partial charge in [-0.25, -0.2) is 0 Å². The number of primary amides is 1. The molecule has 0 saturated heterocycles. The Balaban J connectivity index is 2.31. The molecule has 0 aliphatic carbocycles. The average Bonchev–Trinajstić information content (AvgIpc) is 2.48. The van der Waals surface area contributed by atoms with Crippen molar-refractivity contribution in [1.29, 1.82) is 0 Å². The second kappa shape index (κ2) is 6.40. The van der Waals surface area contributed by atoms with E-state index < -0.39 is 16.0 Å². The van der Waals surface area contributed by atoms with Gasteiger partial charge in [0.1, 0.15) is 4.90 Å². The van der Waals surface area contributed by atoms with E-state index >= 15 is 0 Å². The van der Waals surface area contributed by atoms with Crippen molar-refractivity contribution >= 4 is 21.7 Å². The molecule has 0 atom stereocenters. The van der Waals surface area contributed by atoms with Crippen LogP contribution in [0.25, 0.3) is 0 Å². The monoisotopic (exact) mass is 318 g/mol. The molecule has 0 aromatic heterocycles. The van der Waals surface area contributed by atoms with Gasteiger partial charge in [0, 0.05) is 5.56 Å². The van der Waals surface area contributed by atoms with E-state index in [0.29, 0.717) is 5.56 Å². The third kappa shape index (κ3) is 3.70. The molecule has 2 N–H and O–H groups in total. The molecule has 6 nitrogen and oxygen atoms in total. The molecule has 1 amide bonds. The molecule has 7 heteroatoms. The van der Waals surface area contributed by atoms with E-state index in [4.69, 9.17) is 5.73 Å². The van der Waals surface area contributed by atoms with Crippen LogP contribution in [0.4, 0.5) is 0 Å². The Morgan fingerprint density at radius 1 is 1.05 bits per heavy atom. The molecule has 2 aromatic rings. The van der Waals surface area contributed by atoms with Gasteiger partial charge in [-0.05, 0) is 19.1 Å². The fourth-order valence-corrected chi connectivity index (χ4v) is 2.40. The molecule has 0 bridgehead atoms. The Labute approximate surface area is 128 Å². The van der Waals surface area contributed by atoms with E-state index in [1.54, 1.807) is 42.5 Å². The van der Waals surface area contributed by atoms with Gasteiger partial charge < -0.3 is 5.73 Å². The van der Waals surface area contributed by atoms with Crippen molar-refractivity contribution in [3.8, 4) is 0 Å². The summed E-state index contributed by atoms with van der Waals surface area (Å²) in [6.45, 7) is 1.83.